The van der Waals surface area contributed by atoms with Gasteiger partial charge in [0.05, 0.1) is 0 Å². The van der Waals surface area contributed by atoms with Crippen LogP contribution >= 0.6 is 0 Å². The number of hydrogen-bond acceptors (Lipinski definition) is 3. The number of azide groups is 1. The van der Waals surface area contributed by atoms with Gasteiger partial charge in [-0.25, -0.2) is 0 Å². The molecule has 66 valence electrons. The van der Waals surface area contributed by atoms with Crippen molar-refractivity contribution in [3.63, 3.8) is 0 Å². The second-order valence-electron chi connectivity index (χ2n) is 2.25. The molecule has 13 heavy (non-hydrogen) atoms. The van der Waals surface area contributed by atoms with E-state index in [0.717, 1.165) is 5.56 Å². The number of aliphatic imine (C=N–C) groups is 1. The highest BCUT2D eigenvalue weighted by atomic mass is 15.1. The van der Waals surface area contributed by atoms with E-state index in [2.05, 4.69) is 20.0 Å². The van der Waals surface area contributed by atoms with Crippen molar-refractivity contribution in [2.24, 2.45) is 10.1 Å². The summed E-state index contributed by atoms with van der Waals surface area (Å²) in [5, 5.41) is 3.51. The van der Waals surface area contributed by atoms with Crippen molar-refractivity contribution in [2.75, 3.05) is 6.54 Å². The molecule has 0 saturated carbocycles. The Kier molecular flexibility index (Phi) is 3.47. The minimum atomic E-state index is 0.551. The van der Waals surface area contributed by atoms with Gasteiger partial charge in [-0.05, 0) is 18.5 Å². The van der Waals surface area contributed by atoms with E-state index in [1.54, 1.807) is 24.7 Å². The first-order chi connectivity index (χ1) is 6.38. The van der Waals surface area contributed by atoms with Crippen LogP contribution in [0.3, 0.4) is 0 Å². The predicted molar refractivity (Wildman–Crippen MR) is 51.2 cm³/mol. The topological polar surface area (TPSA) is 74.0 Å². The summed E-state index contributed by atoms with van der Waals surface area (Å²) in [5.41, 5.74) is 9.55. The average molecular weight is 175 g/mol. The quantitative estimate of drug-likeness (QED) is 0.301. The highest BCUT2D eigenvalue weighted by molar-refractivity contribution is 5.85. The van der Waals surface area contributed by atoms with Crippen LogP contribution in [0.25, 0.3) is 10.4 Å². The number of pyridine rings is 1. The lowest BCUT2D eigenvalue weighted by Crippen LogP contribution is -1.84. The molecule has 0 spiro atoms. The molecular weight excluding hydrogens is 166 g/mol. The Morgan fingerprint density at radius 3 is 3.23 bits per heavy atom. The van der Waals surface area contributed by atoms with Crippen molar-refractivity contribution in [1.82, 2.24) is 4.98 Å². The number of hydrogen-bond donors (Lipinski definition) is 0. The minimum Gasteiger partial charge on any atom is -0.293 e. The first-order valence-electron chi connectivity index (χ1n) is 3.87. The van der Waals surface area contributed by atoms with E-state index < -0.39 is 0 Å². The van der Waals surface area contributed by atoms with Gasteiger partial charge in [-0.2, -0.15) is 0 Å². The van der Waals surface area contributed by atoms with Crippen molar-refractivity contribution >= 4 is 11.9 Å². The highest BCUT2D eigenvalue weighted by Crippen LogP contribution is 2.14. The maximum atomic E-state index is 8.26. The summed E-state index contributed by atoms with van der Waals surface area (Å²) in [6.45, 7) is 2.63. The van der Waals surface area contributed by atoms with Crippen LogP contribution in [0.15, 0.2) is 28.6 Å². The fourth-order valence-corrected chi connectivity index (χ4v) is 0.828. The number of aromatic nitrogens is 1. The molecule has 0 N–H and O–H groups in total. The Morgan fingerprint density at radius 1 is 1.69 bits per heavy atom. The van der Waals surface area contributed by atoms with Gasteiger partial charge < -0.3 is 0 Å². The van der Waals surface area contributed by atoms with Gasteiger partial charge in [0.2, 0.25) is 0 Å². The van der Waals surface area contributed by atoms with Gasteiger partial charge in [-0.1, -0.05) is 5.11 Å². The summed E-state index contributed by atoms with van der Waals surface area (Å²) in [6, 6.07) is 1.65. The Balaban J connectivity index is 3.04. The van der Waals surface area contributed by atoms with Crippen molar-refractivity contribution in [2.45, 2.75) is 6.92 Å². The van der Waals surface area contributed by atoms with Crippen LogP contribution in [0.1, 0.15) is 12.5 Å². The summed E-state index contributed by atoms with van der Waals surface area (Å²) in [5.74, 6) is 0. The van der Waals surface area contributed by atoms with Crippen LogP contribution in [0.2, 0.25) is 0 Å². The molecule has 1 heterocycles. The Hall–Kier alpha value is -1.87. The van der Waals surface area contributed by atoms with Crippen LogP contribution in [-0.4, -0.2) is 17.7 Å². The Labute approximate surface area is 75.8 Å². The predicted octanol–water partition coefficient (Wildman–Crippen LogP) is 2.46. The SMILES string of the molecule is CC/N=C\c1cnccc1N=[N+]=[N-]. The van der Waals surface area contributed by atoms with Crippen LogP contribution in [-0.2, 0) is 0 Å². The third-order valence-electron chi connectivity index (χ3n) is 1.39. The molecule has 0 aliphatic rings. The summed E-state index contributed by atoms with van der Waals surface area (Å²) in [6.07, 6.45) is 4.84. The molecule has 0 atom stereocenters. The van der Waals surface area contributed by atoms with Gasteiger partial charge in [0.25, 0.3) is 0 Å². The lowest BCUT2D eigenvalue weighted by Gasteiger charge is -1.95. The molecular formula is C8H9N5. The molecule has 0 fully saturated rings. The Morgan fingerprint density at radius 2 is 2.54 bits per heavy atom. The molecule has 0 amide bonds. The van der Waals surface area contributed by atoms with Gasteiger partial charge in [0.1, 0.15) is 0 Å². The summed E-state index contributed by atoms with van der Waals surface area (Å²) < 4.78 is 0. The zero-order valence-corrected chi connectivity index (χ0v) is 7.25. The van der Waals surface area contributed by atoms with Crippen molar-refractivity contribution in [3.8, 4) is 0 Å². The smallest absolute Gasteiger partial charge is 0.0493 e. The van der Waals surface area contributed by atoms with Gasteiger partial charge in [0.15, 0.2) is 0 Å². The molecule has 0 radical (unpaired) electrons. The molecule has 5 heteroatoms. The maximum Gasteiger partial charge on any atom is 0.0493 e. The molecule has 0 unspecified atom stereocenters. The molecule has 0 aliphatic carbocycles. The lowest BCUT2D eigenvalue weighted by molar-refractivity contribution is 1.14. The molecule has 1 aromatic heterocycles. The van der Waals surface area contributed by atoms with Gasteiger partial charge in [0, 0.05) is 41.3 Å². The zero-order valence-electron chi connectivity index (χ0n) is 7.25. The van der Waals surface area contributed by atoms with E-state index in [1.807, 2.05) is 6.92 Å². The summed E-state index contributed by atoms with van der Waals surface area (Å²) in [7, 11) is 0. The third kappa shape index (κ3) is 2.57. The number of nitrogens with zero attached hydrogens (tertiary/aromatic N) is 5. The van der Waals surface area contributed by atoms with Crippen LogP contribution < -0.4 is 0 Å². The third-order valence-corrected chi connectivity index (χ3v) is 1.39. The fraction of sp³-hybridized carbons (Fsp3) is 0.250. The fourth-order valence-electron chi connectivity index (χ4n) is 0.828. The maximum absolute atomic E-state index is 8.26. The standard InChI is InChI=1S/C8H9N5/c1-2-10-5-7-6-11-4-3-8(7)12-13-9/h3-6H,2H2,1H3/b10-5-. The second-order valence-corrected chi connectivity index (χ2v) is 2.25. The monoisotopic (exact) mass is 175 g/mol. The van der Waals surface area contributed by atoms with E-state index in [4.69, 9.17) is 5.53 Å². The van der Waals surface area contributed by atoms with E-state index in [-0.39, 0.29) is 0 Å². The average Bonchev–Trinajstić information content (AvgIpc) is 2.17. The second kappa shape index (κ2) is 4.90. The van der Waals surface area contributed by atoms with E-state index in [9.17, 15) is 0 Å². The largest absolute Gasteiger partial charge is 0.293 e. The van der Waals surface area contributed by atoms with Crippen LogP contribution in [0, 0.1) is 0 Å². The molecule has 1 aromatic rings. The summed E-state index contributed by atoms with van der Waals surface area (Å²) >= 11 is 0. The minimum absolute atomic E-state index is 0.551. The van der Waals surface area contributed by atoms with E-state index >= 15 is 0 Å². The lowest BCUT2D eigenvalue weighted by atomic mass is 10.2. The van der Waals surface area contributed by atoms with Crippen molar-refractivity contribution < 1.29 is 0 Å². The van der Waals surface area contributed by atoms with E-state index in [0.29, 0.717) is 12.2 Å². The van der Waals surface area contributed by atoms with Crippen molar-refractivity contribution in [1.29, 1.82) is 0 Å². The van der Waals surface area contributed by atoms with Gasteiger partial charge in [-0.15, -0.1) is 0 Å². The summed E-state index contributed by atoms with van der Waals surface area (Å²) in [4.78, 5) is 10.7. The van der Waals surface area contributed by atoms with Gasteiger partial charge >= 0.3 is 0 Å². The van der Waals surface area contributed by atoms with E-state index in [1.165, 1.54) is 0 Å². The first-order valence-corrected chi connectivity index (χ1v) is 3.87. The molecule has 0 aromatic carbocycles. The molecule has 0 saturated heterocycles. The Bertz CT molecular complexity index is 351. The van der Waals surface area contributed by atoms with Crippen molar-refractivity contribution in [3.05, 3.63) is 34.5 Å². The first kappa shape index (κ1) is 9.22. The normalized spacial score (nSPS) is 9.92. The molecule has 0 aliphatic heterocycles. The number of rotatable bonds is 3. The highest BCUT2D eigenvalue weighted by Gasteiger charge is 1.95. The molecule has 1 rings (SSSR count). The van der Waals surface area contributed by atoms with Crippen LogP contribution in [0.5, 0.6) is 0 Å². The van der Waals surface area contributed by atoms with Crippen LogP contribution in [0.4, 0.5) is 5.69 Å². The molecule has 0 bridgehead atoms. The molecule has 5 nitrogen and oxygen atoms in total. The van der Waals surface area contributed by atoms with Gasteiger partial charge in [-0.3, -0.25) is 9.98 Å². The zero-order chi connectivity index (χ0) is 9.52.